The SMILES string of the molecule is NC(=O)c1ccc(C=CC(=O)Nc2ncn[nH]2)cc1. The lowest BCUT2D eigenvalue weighted by Gasteiger charge is -1.97. The Labute approximate surface area is 108 Å². The highest BCUT2D eigenvalue weighted by molar-refractivity contribution is 6.01. The summed E-state index contributed by atoms with van der Waals surface area (Å²) in [4.78, 5) is 26.1. The lowest BCUT2D eigenvalue weighted by molar-refractivity contribution is -0.111. The van der Waals surface area contributed by atoms with Gasteiger partial charge in [0.15, 0.2) is 0 Å². The molecule has 0 saturated heterocycles. The molecule has 96 valence electrons. The molecule has 2 amide bonds. The van der Waals surface area contributed by atoms with Crippen LogP contribution in [0.1, 0.15) is 15.9 Å². The van der Waals surface area contributed by atoms with Gasteiger partial charge in [-0.05, 0) is 23.8 Å². The Hall–Kier alpha value is -2.96. The molecule has 0 aliphatic rings. The van der Waals surface area contributed by atoms with Crippen LogP contribution in [0.4, 0.5) is 5.95 Å². The van der Waals surface area contributed by atoms with Crippen LogP contribution in [0.3, 0.4) is 0 Å². The van der Waals surface area contributed by atoms with Crippen molar-refractivity contribution < 1.29 is 9.59 Å². The average molecular weight is 257 g/mol. The highest BCUT2D eigenvalue weighted by Crippen LogP contribution is 2.06. The third-order valence-corrected chi connectivity index (χ3v) is 2.28. The molecular formula is C12H11N5O2. The van der Waals surface area contributed by atoms with Crippen molar-refractivity contribution in [2.24, 2.45) is 5.73 Å². The Morgan fingerprint density at radius 3 is 2.58 bits per heavy atom. The summed E-state index contributed by atoms with van der Waals surface area (Å²) in [5, 5.41) is 8.60. The van der Waals surface area contributed by atoms with Gasteiger partial charge >= 0.3 is 0 Å². The highest BCUT2D eigenvalue weighted by atomic mass is 16.1. The van der Waals surface area contributed by atoms with Gasteiger partial charge in [-0.1, -0.05) is 12.1 Å². The first kappa shape index (κ1) is 12.5. The number of anilines is 1. The van der Waals surface area contributed by atoms with E-state index in [-0.39, 0.29) is 11.9 Å². The second-order valence-electron chi connectivity index (χ2n) is 3.64. The largest absolute Gasteiger partial charge is 0.366 e. The number of amides is 2. The summed E-state index contributed by atoms with van der Waals surface area (Å²) in [5.41, 5.74) is 6.32. The highest BCUT2D eigenvalue weighted by Gasteiger charge is 2.00. The van der Waals surface area contributed by atoms with E-state index in [1.807, 2.05) is 0 Å². The zero-order chi connectivity index (χ0) is 13.7. The summed E-state index contributed by atoms with van der Waals surface area (Å²) in [6.45, 7) is 0. The molecule has 0 spiro atoms. The van der Waals surface area contributed by atoms with Crippen LogP contribution in [0.25, 0.3) is 6.08 Å². The fourth-order valence-corrected chi connectivity index (χ4v) is 1.35. The van der Waals surface area contributed by atoms with Gasteiger partial charge in [0.2, 0.25) is 11.9 Å². The Balaban J connectivity index is 1.98. The first-order valence-electron chi connectivity index (χ1n) is 5.39. The Morgan fingerprint density at radius 2 is 2.00 bits per heavy atom. The van der Waals surface area contributed by atoms with Crippen LogP contribution in [-0.2, 0) is 4.79 Å². The number of primary amides is 1. The molecule has 0 aliphatic carbocycles. The molecule has 1 aromatic heterocycles. The van der Waals surface area contributed by atoms with E-state index in [0.29, 0.717) is 5.56 Å². The number of nitrogens with two attached hydrogens (primary N) is 1. The molecule has 4 N–H and O–H groups in total. The van der Waals surface area contributed by atoms with Crippen LogP contribution >= 0.6 is 0 Å². The summed E-state index contributed by atoms with van der Waals surface area (Å²) in [5.74, 6) is -0.548. The summed E-state index contributed by atoms with van der Waals surface area (Å²) >= 11 is 0. The number of hydrogen-bond donors (Lipinski definition) is 3. The normalized spacial score (nSPS) is 10.5. The maximum atomic E-state index is 11.5. The second kappa shape index (κ2) is 5.58. The quantitative estimate of drug-likeness (QED) is 0.694. The number of aromatic nitrogens is 3. The summed E-state index contributed by atoms with van der Waals surface area (Å²) in [6.07, 6.45) is 4.25. The van der Waals surface area contributed by atoms with Crippen molar-refractivity contribution in [3.63, 3.8) is 0 Å². The molecule has 0 atom stereocenters. The van der Waals surface area contributed by atoms with E-state index in [4.69, 9.17) is 5.73 Å². The summed E-state index contributed by atoms with van der Waals surface area (Å²) < 4.78 is 0. The number of hydrogen-bond acceptors (Lipinski definition) is 4. The maximum Gasteiger partial charge on any atom is 0.250 e. The first-order chi connectivity index (χ1) is 9.15. The second-order valence-corrected chi connectivity index (χ2v) is 3.64. The third-order valence-electron chi connectivity index (χ3n) is 2.28. The van der Waals surface area contributed by atoms with Crippen LogP contribution in [-0.4, -0.2) is 27.0 Å². The van der Waals surface area contributed by atoms with Crippen molar-refractivity contribution in [1.29, 1.82) is 0 Å². The predicted molar refractivity (Wildman–Crippen MR) is 69.0 cm³/mol. The fraction of sp³-hybridized carbons (Fsp3) is 0. The van der Waals surface area contributed by atoms with Gasteiger partial charge in [0.1, 0.15) is 6.33 Å². The molecule has 0 saturated carbocycles. The van der Waals surface area contributed by atoms with E-state index < -0.39 is 5.91 Å². The van der Waals surface area contributed by atoms with Gasteiger partial charge in [-0.15, -0.1) is 0 Å². The molecule has 7 nitrogen and oxygen atoms in total. The van der Waals surface area contributed by atoms with Gasteiger partial charge in [0, 0.05) is 11.6 Å². The van der Waals surface area contributed by atoms with Crippen molar-refractivity contribution in [3.05, 3.63) is 47.8 Å². The van der Waals surface area contributed by atoms with Crippen LogP contribution < -0.4 is 11.1 Å². The minimum Gasteiger partial charge on any atom is -0.366 e. The van der Waals surface area contributed by atoms with Crippen LogP contribution in [0.15, 0.2) is 36.7 Å². The number of nitrogens with one attached hydrogen (secondary N) is 2. The molecule has 1 heterocycles. The topological polar surface area (TPSA) is 114 Å². The Bertz CT molecular complexity index is 602. The zero-order valence-electron chi connectivity index (χ0n) is 9.83. The average Bonchev–Trinajstić information content (AvgIpc) is 2.89. The van der Waals surface area contributed by atoms with Crippen molar-refractivity contribution in [1.82, 2.24) is 15.2 Å². The zero-order valence-corrected chi connectivity index (χ0v) is 9.83. The van der Waals surface area contributed by atoms with Crippen molar-refractivity contribution in [2.45, 2.75) is 0 Å². The monoisotopic (exact) mass is 257 g/mol. The maximum absolute atomic E-state index is 11.5. The van der Waals surface area contributed by atoms with Gasteiger partial charge in [-0.25, -0.2) is 5.10 Å². The lowest BCUT2D eigenvalue weighted by Crippen LogP contribution is -2.10. The Morgan fingerprint density at radius 1 is 1.26 bits per heavy atom. The number of H-pyrrole nitrogens is 1. The van der Waals surface area contributed by atoms with Gasteiger partial charge in [0.25, 0.3) is 5.91 Å². The van der Waals surface area contributed by atoms with Crippen molar-refractivity contribution in [3.8, 4) is 0 Å². The summed E-state index contributed by atoms with van der Waals surface area (Å²) in [7, 11) is 0. The number of carbonyl (C=O) groups is 2. The smallest absolute Gasteiger partial charge is 0.250 e. The molecule has 1 aromatic carbocycles. The summed E-state index contributed by atoms with van der Waals surface area (Å²) in [6, 6.07) is 6.57. The standard InChI is InChI=1S/C12H11N5O2/c13-11(19)9-4-1-8(2-5-9)3-6-10(18)16-12-14-7-15-17-12/h1-7H,(H2,13,19)(H2,14,15,16,17,18). The van der Waals surface area contributed by atoms with Crippen molar-refractivity contribution in [2.75, 3.05) is 5.32 Å². The van der Waals surface area contributed by atoms with Gasteiger partial charge < -0.3 is 5.73 Å². The van der Waals surface area contributed by atoms with Gasteiger partial charge in [-0.2, -0.15) is 10.1 Å². The van der Waals surface area contributed by atoms with E-state index in [0.717, 1.165) is 5.56 Å². The van der Waals surface area contributed by atoms with Crippen LogP contribution in [0.2, 0.25) is 0 Å². The fourth-order valence-electron chi connectivity index (χ4n) is 1.35. The number of rotatable bonds is 4. The minimum absolute atomic E-state index is 0.277. The number of benzene rings is 1. The van der Waals surface area contributed by atoms with E-state index >= 15 is 0 Å². The number of nitrogens with zero attached hydrogens (tertiary/aromatic N) is 2. The molecule has 2 rings (SSSR count). The van der Waals surface area contributed by atoms with Crippen molar-refractivity contribution >= 4 is 23.8 Å². The first-order valence-corrected chi connectivity index (χ1v) is 5.39. The third kappa shape index (κ3) is 3.50. The Kier molecular flexibility index (Phi) is 3.67. The molecule has 0 bridgehead atoms. The lowest BCUT2D eigenvalue weighted by atomic mass is 10.1. The van der Waals surface area contributed by atoms with Crippen LogP contribution in [0.5, 0.6) is 0 Å². The number of aromatic amines is 1. The van der Waals surface area contributed by atoms with E-state index in [1.165, 1.54) is 12.4 Å². The van der Waals surface area contributed by atoms with E-state index in [2.05, 4.69) is 20.5 Å². The minimum atomic E-state index is -0.487. The van der Waals surface area contributed by atoms with E-state index in [1.54, 1.807) is 30.3 Å². The molecule has 0 unspecified atom stereocenters. The molecule has 2 aromatic rings. The molecule has 19 heavy (non-hydrogen) atoms. The predicted octanol–water partition coefficient (Wildman–Crippen LogP) is 0.555. The van der Waals surface area contributed by atoms with E-state index in [9.17, 15) is 9.59 Å². The van der Waals surface area contributed by atoms with Gasteiger partial charge in [0.05, 0.1) is 0 Å². The molecule has 0 aliphatic heterocycles. The molecular weight excluding hydrogens is 246 g/mol. The molecule has 0 fully saturated rings. The molecule has 7 heteroatoms. The van der Waals surface area contributed by atoms with Gasteiger partial charge in [-0.3, -0.25) is 14.9 Å². The van der Waals surface area contributed by atoms with Crippen LogP contribution in [0, 0.1) is 0 Å². The molecule has 0 radical (unpaired) electrons. The number of carbonyl (C=O) groups excluding carboxylic acids is 2.